The molecule has 0 aromatic heterocycles. The summed E-state index contributed by atoms with van der Waals surface area (Å²) in [6, 6.07) is 7.22. The summed E-state index contributed by atoms with van der Waals surface area (Å²) in [5.41, 5.74) is 1.70. The molecule has 6 N–H and O–H groups in total. The van der Waals surface area contributed by atoms with E-state index in [1.54, 1.807) is 12.1 Å². The minimum absolute atomic E-state index is 0.0372. The zero-order chi connectivity index (χ0) is 33.7. The van der Waals surface area contributed by atoms with Crippen molar-refractivity contribution >= 4 is 28.4 Å². The standard InChI is InChI=1S/C28H39NO15S/c1-4-5-6-19(30)13-18-9-7-17(8-10-18)11-12-41-29-14-20(31)23(33)26(24(34)27(35)36)44-28-16(2)22(32)25(40-3)21(43-28)15-42-45(37,38)39/h1,7-10,14,16,20-26,28,31-34H,5-6,11-13,15H2,2-3H3,(H,35,36)(H,37,38,39)/b29-14-/t16?,20?,21?,22-,23-,24?,25-,26+,28-/m1/s1. The first-order chi connectivity index (χ1) is 21.2. The van der Waals surface area contributed by atoms with Crippen LogP contribution >= 0.6 is 0 Å². The van der Waals surface area contributed by atoms with Crippen LogP contribution < -0.4 is 0 Å². The summed E-state index contributed by atoms with van der Waals surface area (Å²) in [5.74, 6) is -0.358. The Morgan fingerprint density at radius 3 is 2.40 bits per heavy atom. The van der Waals surface area contributed by atoms with E-state index >= 15 is 0 Å². The summed E-state index contributed by atoms with van der Waals surface area (Å²) in [7, 11) is -3.72. The van der Waals surface area contributed by atoms with Gasteiger partial charge >= 0.3 is 16.4 Å². The molecule has 0 radical (unpaired) electrons. The number of terminal acetylenes is 1. The minimum atomic E-state index is -4.91. The maximum Gasteiger partial charge on any atom is 0.397 e. The first-order valence-electron chi connectivity index (χ1n) is 13.8. The van der Waals surface area contributed by atoms with E-state index in [1.807, 2.05) is 12.1 Å². The van der Waals surface area contributed by atoms with Crippen molar-refractivity contribution < 1.29 is 71.3 Å². The Balaban J connectivity index is 2.00. The third kappa shape index (κ3) is 12.4. The Labute approximate surface area is 260 Å². The van der Waals surface area contributed by atoms with Crippen molar-refractivity contribution in [3.8, 4) is 12.3 Å². The van der Waals surface area contributed by atoms with Crippen LogP contribution in [0, 0.1) is 18.3 Å². The first kappa shape index (κ1) is 38.2. The van der Waals surface area contributed by atoms with E-state index in [4.69, 9.17) is 30.0 Å². The monoisotopic (exact) mass is 661 g/mol. The molecule has 0 spiro atoms. The lowest BCUT2D eigenvalue weighted by atomic mass is 9.92. The molecule has 252 valence electrons. The highest BCUT2D eigenvalue weighted by Gasteiger charge is 2.47. The van der Waals surface area contributed by atoms with Crippen LogP contribution in [0.15, 0.2) is 29.4 Å². The molecule has 0 saturated carbocycles. The second kappa shape index (κ2) is 18.2. The molecule has 1 saturated heterocycles. The van der Waals surface area contributed by atoms with Gasteiger partial charge in [0.2, 0.25) is 0 Å². The Morgan fingerprint density at radius 1 is 1.18 bits per heavy atom. The molecule has 1 aliphatic heterocycles. The molecule has 16 nitrogen and oxygen atoms in total. The number of carboxylic acids is 1. The van der Waals surface area contributed by atoms with E-state index in [9.17, 15) is 43.5 Å². The molecule has 0 amide bonds. The van der Waals surface area contributed by atoms with E-state index < -0.39 is 77.9 Å². The predicted molar refractivity (Wildman–Crippen MR) is 154 cm³/mol. The minimum Gasteiger partial charge on any atom is -0.479 e. The third-order valence-corrected chi connectivity index (χ3v) is 7.35. The molecule has 9 atom stereocenters. The lowest BCUT2D eigenvalue weighted by Crippen LogP contribution is -2.59. The summed E-state index contributed by atoms with van der Waals surface area (Å²) in [6.07, 6.45) is -6.70. The summed E-state index contributed by atoms with van der Waals surface area (Å²) in [6.45, 7) is 0.619. The molecular formula is C28H39NO15S. The maximum atomic E-state index is 11.9. The zero-order valence-corrected chi connectivity index (χ0v) is 25.4. The lowest BCUT2D eigenvalue weighted by Gasteiger charge is -2.44. The van der Waals surface area contributed by atoms with Gasteiger partial charge in [0.1, 0.15) is 42.9 Å². The fourth-order valence-corrected chi connectivity index (χ4v) is 4.69. The summed E-state index contributed by atoms with van der Waals surface area (Å²) in [5, 5.41) is 54.9. The van der Waals surface area contributed by atoms with Crippen LogP contribution in [-0.2, 0) is 56.1 Å². The van der Waals surface area contributed by atoms with Gasteiger partial charge in [-0.1, -0.05) is 36.3 Å². The average Bonchev–Trinajstić information content (AvgIpc) is 2.99. The quantitative estimate of drug-likeness (QED) is 0.0337. The Morgan fingerprint density at radius 2 is 1.82 bits per heavy atom. The Bertz CT molecular complexity index is 1270. The van der Waals surface area contributed by atoms with Crippen LogP contribution in [0.4, 0.5) is 0 Å². The smallest absolute Gasteiger partial charge is 0.397 e. The van der Waals surface area contributed by atoms with Crippen molar-refractivity contribution in [3.05, 3.63) is 35.4 Å². The number of rotatable bonds is 19. The van der Waals surface area contributed by atoms with Crippen LogP contribution in [0.2, 0.25) is 0 Å². The van der Waals surface area contributed by atoms with Crippen molar-refractivity contribution in [1.82, 2.24) is 0 Å². The van der Waals surface area contributed by atoms with Crippen LogP contribution in [0.25, 0.3) is 0 Å². The van der Waals surface area contributed by atoms with Gasteiger partial charge in [-0.3, -0.25) is 9.35 Å². The molecule has 2 rings (SSSR count). The van der Waals surface area contributed by atoms with Crippen molar-refractivity contribution in [2.75, 3.05) is 20.3 Å². The number of carbonyl (C=O) groups is 2. The molecule has 0 bridgehead atoms. The van der Waals surface area contributed by atoms with Crippen molar-refractivity contribution in [2.24, 2.45) is 11.1 Å². The number of Topliss-reactive ketones (excluding diaryl/α,β-unsaturated/α-hetero) is 1. The number of aliphatic hydroxyl groups excluding tert-OH is 4. The van der Waals surface area contributed by atoms with Crippen LogP contribution in [0.3, 0.4) is 0 Å². The zero-order valence-electron chi connectivity index (χ0n) is 24.6. The number of aliphatic carboxylic acids is 1. The average molecular weight is 662 g/mol. The predicted octanol–water partition coefficient (Wildman–Crippen LogP) is -1.13. The molecule has 1 aromatic rings. The van der Waals surface area contributed by atoms with E-state index in [1.165, 1.54) is 14.0 Å². The second-order valence-corrected chi connectivity index (χ2v) is 11.3. The van der Waals surface area contributed by atoms with Gasteiger partial charge in [-0.15, -0.1) is 12.3 Å². The fourth-order valence-electron chi connectivity index (χ4n) is 4.38. The molecule has 17 heteroatoms. The molecule has 45 heavy (non-hydrogen) atoms. The number of hydrogen-bond acceptors (Lipinski definition) is 14. The first-order valence-corrected chi connectivity index (χ1v) is 15.1. The number of benzene rings is 1. The molecule has 1 heterocycles. The number of aliphatic hydroxyl groups is 4. The number of nitrogens with zero attached hydrogens (tertiary/aromatic N) is 1. The van der Waals surface area contributed by atoms with Gasteiger partial charge in [-0.05, 0) is 11.1 Å². The fraction of sp³-hybridized carbons (Fsp3) is 0.607. The van der Waals surface area contributed by atoms with Gasteiger partial charge in [0.25, 0.3) is 0 Å². The van der Waals surface area contributed by atoms with Gasteiger partial charge in [-0.2, -0.15) is 8.42 Å². The van der Waals surface area contributed by atoms with Gasteiger partial charge < -0.3 is 44.6 Å². The molecule has 4 unspecified atom stereocenters. The summed E-state index contributed by atoms with van der Waals surface area (Å²) < 4.78 is 51.4. The molecule has 1 aliphatic rings. The number of methoxy groups -OCH3 is 1. The summed E-state index contributed by atoms with van der Waals surface area (Å²) >= 11 is 0. The normalized spacial score (nSPS) is 24.8. The molecule has 1 fully saturated rings. The second-order valence-electron chi connectivity index (χ2n) is 10.2. The van der Waals surface area contributed by atoms with Crippen molar-refractivity contribution in [3.63, 3.8) is 0 Å². The van der Waals surface area contributed by atoms with E-state index in [-0.39, 0.29) is 18.8 Å². The summed E-state index contributed by atoms with van der Waals surface area (Å²) in [4.78, 5) is 28.5. The van der Waals surface area contributed by atoms with E-state index in [2.05, 4.69) is 15.3 Å². The largest absolute Gasteiger partial charge is 0.479 e. The van der Waals surface area contributed by atoms with Gasteiger partial charge in [-0.25, -0.2) is 8.98 Å². The van der Waals surface area contributed by atoms with E-state index in [0.717, 1.165) is 17.3 Å². The molecule has 1 aromatic carbocycles. The van der Waals surface area contributed by atoms with Gasteiger partial charge in [0, 0.05) is 38.7 Å². The number of carbonyl (C=O) groups excluding carboxylic acids is 1. The van der Waals surface area contributed by atoms with Crippen molar-refractivity contribution in [2.45, 2.75) is 81.6 Å². The highest BCUT2D eigenvalue weighted by Crippen LogP contribution is 2.31. The number of ketones is 1. The lowest BCUT2D eigenvalue weighted by molar-refractivity contribution is -0.311. The maximum absolute atomic E-state index is 11.9. The SMILES string of the molecule is C#CCCC(=O)Cc1ccc(CCO/N=C\C(O)[C@@H](O)[C@H](O[C@H]2OC(COS(=O)(=O)O)[C@@H](OC)[C@H](O)C2C)C(O)C(=O)O)cc1. The topological polar surface area (TPSA) is 248 Å². The molecular weight excluding hydrogens is 622 g/mol. The number of carboxylic acid groups (broad SMARTS) is 1. The highest BCUT2D eigenvalue weighted by atomic mass is 32.3. The Kier molecular flexibility index (Phi) is 15.4. The van der Waals surface area contributed by atoms with Crippen LogP contribution in [0.1, 0.15) is 30.9 Å². The van der Waals surface area contributed by atoms with E-state index in [0.29, 0.717) is 19.3 Å². The van der Waals surface area contributed by atoms with Crippen molar-refractivity contribution in [1.29, 1.82) is 0 Å². The van der Waals surface area contributed by atoms with Gasteiger partial charge in [0.15, 0.2) is 12.4 Å². The van der Waals surface area contributed by atoms with Crippen LogP contribution in [0.5, 0.6) is 0 Å². The number of oxime groups is 1. The Hall–Kier alpha value is -3.02. The van der Waals surface area contributed by atoms with Crippen LogP contribution in [-0.4, -0.2) is 126 Å². The highest BCUT2D eigenvalue weighted by molar-refractivity contribution is 7.80. The third-order valence-electron chi connectivity index (χ3n) is 6.92. The number of hydrogen-bond donors (Lipinski definition) is 6. The number of ether oxygens (including phenoxy) is 3. The van der Waals surface area contributed by atoms with Gasteiger partial charge in [0.05, 0.1) is 18.9 Å². The molecule has 0 aliphatic carbocycles.